The maximum atomic E-state index is 13.4. The third-order valence-corrected chi connectivity index (χ3v) is 5.89. The van der Waals surface area contributed by atoms with E-state index in [4.69, 9.17) is 21.1 Å². The number of hydrogen-bond donors (Lipinski definition) is 1. The molecule has 0 saturated heterocycles. The highest BCUT2D eigenvalue weighted by molar-refractivity contribution is 6.30. The van der Waals surface area contributed by atoms with Crippen LogP contribution in [0.5, 0.6) is 11.5 Å². The molecule has 7 heteroatoms. The SMILES string of the molecule is CCOc1ccccc1NC(=O)Cc1c(C)n(C(=O)c2ccc(Cl)cc2)c2ccc(OC)cc12. The Balaban J connectivity index is 1.73. The summed E-state index contributed by atoms with van der Waals surface area (Å²) < 4.78 is 12.7. The van der Waals surface area contributed by atoms with E-state index in [0.29, 0.717) is 45.6 Å². The summed E-state index contributed by atoms with van der Waals surface area (Å²) in [5.41, 5.74) is 3.25. The van der Waals surface area contributed by atoms with Crippen LogP contribution in [0.1, 0.15) is 28.5 Å². The van der Waals surface area contributed by atoms with Crippen molar-refractivity contribution in [2.75, 3.05) is 19.0 Å². The van der Waals surface area contributed by atoms with Gasteiger partial charge in [-0.15, -0.1) is 0 Å². The van der Waals surface area contributed by atoms with Crippen LogP contribution in [0, 0.1) is 6.92 Å². The summed E-state index contributed by atoms with van der Waals surface area (Å²) in [6, 6.07) is 19.5. The van der Waals surface area contributed by atoms with Crippen molar-refractivity contribution in [3.8, 4) is 11.5 Å². The van der Waals surface area contributed by atoms with E-state index < -0.39 is 0 Å². The Labute approximate surface area is 203 Å². The summed E-state index contributed by atoms with van der Waals surface area (Å²) in [5, 5.41) is 4.28. The summed E-state index contributed by atoms with van der Waals surface area (Å²) in [7, 11) is 1.58. The second-order valence-electron chi connectivity index (χ2n) is 7.75. The number of carbonyl (C=O) groups excluding carboxylic acids is 2. The molecule has 1 N–H and O–H groups in total. The van der Waals surface area contributed by atoms with Gasteiger partial charge in [0.1, 0.15) is 11.5 Å². The van der Waals surface area contributed by atoms with Crippen LogP contribution in [-0.4, -0.2) is 30.1 Å². The first-order valence-corrected chi connectivity index (χ1v) is 11.3. The van der Waals surface area contributed by atoms with Gasteiger partial charge in [0.05, 0.1) is 31.3 Å². The first-order valence-electron chi connectivity index (χ1n) is 10.9. The van der Waals surface area contributed by atoms with E-state index in [-0.39, 0.29) is 18.2 Å². The lowest BCUT2D eigenvalue weighted by molar-refractivity contribution is -0.115. The number of ether oxygens (including phenoxy) is 2. The zero-order chi connectivity index (χ0) is 24.2. The summed E-state index contributed by atoms with van der Waals surface area (Å²) in [6.07, 6.45) is 0.0802. The Hall–Kier alpha value is -3.77. The van der Waals surface area contributed by atoms with Crippen molar-refractivity contribution in [1.82, 2.24) is 4.57 Å². The van der Waals surface area contributed by atoms with E-state index >= 15 is 0 Å². The molecule has 0 aliphatic carbocycles. The quantitative estimate of drug-likeness (QED) is 0.361. The number of halogens is 1. The third-order valence-electron chi connectivity index (χ3n) is 5.63. The van der Waals surface area contributed by atoms with Gasteiger partial charge >= 0.3 is 0 Å². The maximum absolute atomic E-state index is 13.4. The molecule has 0 unspecified atom stereocenters. The number of amides is 1. The van der Waals surface area contributed by atoms with Crippen molar-refractivity contribution >= 4 is 40.0 Å². The molecule has 6 nitrogen and oxygen atoms in total. The number of methoxy groups -OCH3 is 1. The Morgan fingerprint density at radius 2 is 1.76 bits per heavy atom. The van der Waals surface area contributed by atoms with Gasteiger partial charge < -0.3 is 14.8 Å². The predicted molar refractivity (Wildman–Crippen MR) is 134 cm³/mol. The highest BCUT2D eigenvalue weighted by Gasteiger charge is 2.22. The van der Waals surface area contributed by atoms with Crippen molar-refractivity contribution < 1.29 is 19.1 Å². The zero-order valence-corrected chi connectivity index (χ0v) is 20.0. The maximum Gasteiger partial charge on any atom is 0.262 e. The van der Waals surface area contributed by atoms with Crippen molar-refractivity contribution in [3.63, 3.8) is 0 Å². The third kappa shape index (κ3) is 4.63. The van der Waals surface area contributed by atoms with Crippen LogP contribution in [-0.2, 0) is 11.2 Å². The van der Waals surface area contributed by atoms with E-state index in [2.05, 4.69) is 5.32 Å². The van der Waals surface area contributed by atoms with Crippen molar-refractivity contribution in [3.05, 3.63) is 88.6 Å². The van der Waals surface area contributed by atoms with Gasteiger partial charge in [0, 0.05) is 21.7 Å². The van der Waals surface area contributed by atoms with Crippen LogP contribution in [0.15, 0.2) is 66.7 Å². The van der Waals surface area contributed by atoms with Gasteiger partial charge in [-0.3, -0.25) is 14.2 Å². The Kier molecular flexibility index (Phi) is 6.89. The first kappa shape index (κ1) is 23.4. The molecule has 34 heavy (non-hydrogen) atoms. The number of hydrogen-bond acceptors (Lipinski definition) is 4. The summed E-state index contributed by atoms with van der Waals surface area (Å²) >= 11 is 6.00. The summed E-state index contributed by atoms with van der Waals surface area (Å²) in [5.74, 6) is 0.845. The molecular weight excluding hydrogens is 452 g/mol. The van der Waals surface area contributed by atoms with Gasteiger partial charge in [0.15, 0.2) is 0 Å². The number of rotatable bonds is 7. The number of benzene rings is 3. The minimum atomic E-state index is -0.212. The van der Waals surface area contributed by atoms with Crippen molar-refractivity contribution in [2.24, 2.45) is 0 Å². The summed E-state index contributed by atoms with van der Waals surface area (Å²) in [4.78, 5) is 26.5. The van der Waals surface area contributed by atoms with Gasteiger partial charge in [-0.2, -0.15) is 0 Å². The Bertz CT molecular complexity index is 1360. The fourth-order valence-corrected chi connectivity index (χ4v) is 4.13. The Morgan fingerprint density at radius 3 is 2.47 bits per heavy atom. The van der Waals surface area contributed by atoms with Crippen LogP contribution in [0.3, 0.4) is 0 Å². The van der Waals surface area contributed by atoms with Crippen LogP contribution < -0.4 is 14.8 Å². The fraction of sp³-hybridized carbons (Fsp3) is 0.185. The molecule has 0 radical (unpaired) electrons. The molecule has 0 aliphatic heterocycles. The van der Waals surface area contributed by atoms with E-state index in [1.807, 2.05) is 44.2 Å². The second kappa shape index (κ2) is 10.0. The average molecular weight is 477 g/mol. The van der Waals surface area contributed by atoms with Gasteiger partial charge in [0.25, 0.3) is 5.91 Å². The molecule has 174 valence electrons. The second-order valence-corrected chi connectivity index (χ2v) is 8.19. The van der Waals surface area contributed by atoms with Crippen LogP contribution in [0.25, 0.3) is 10.9 Å². The first-order chi connectivity index (χ1) is 16.4. The monoisotopic (exact) mass is 476 g/mol. The molecule has 0 aliphatic rings. The molecule has 0 saturated carbocycles. The van der Waals surface area contributed by atoms with Crippen LogP contribution in [0.4, 0.5) is 5.69 Å². The zero-order valence-electron chi connectivity index (χ0n) is 19.2. The summed E-state index contributed by atoms with van der Waals surface area (Å²) in [6.45, 7) is 4.23. The molecule has 4 aromatic rings. The van der Waals surface area contributed by atoms with E-state index in [1.165, 1.54) is 0 Å². The van der Waals surface area contributed by atoms with Gasteiger partial charge in [-0.05, 0) is 74.0 Å². The molecule has 3 aromatic carbocycles. The lowest BCUT2D eigenvalue weighted by Gasteiger charge is -2.11. The highest BCUT2D eigenvalue weighted by Crippen LogP contribution is 2.31. The van der Waals surface area contributed by atoms with Gasteiger partial charge in [-0.1, -0.05) is 23.7 Å². The smallest absolute Gasteiger partial charge is 0.262 e. The predicted octanol–water partition coefficient (Wildman–Crippen LogP) is 5.88. The molecule has 0 fully saturated rings. The number of nitrogens with one attached hydrogen (secondary N) is 1. The molecule has 0 atom stereocenters. The highest BCUT2D eigenvalue weighted by atomic mass is 35.5. The number of fused-ring (bicyclic) bond motifs is 1. The normalized spacial score (nSPS) is 10.8. The molecular formula is C27H25ClN2O4. The van der Waals surface area contributed by atoms with Crippen molar-refractivity contribution in [1.29, 1.82) is 0 Å². The number of anilines is 1. The number of carbonyl (C=O) groups is 2. The molecule has 1 amide bonds. The molecule has 1 heterocycles. The molecule has 0 spiro atoms. The van der Waals surface area contributed by atoms with E-state index in [9.17, 15) is 9.59 Å². The topological polar surface area (TPSA) is 69.6 Å². The van der Waals surface area contributed by atoms with Crippen LogP contribution in [0.2, 0.25) is 5.02 Å². The largest absolute Gasteiger partial charge is 0.497 e. The van der Waals surface area contributed by atoms with E-state index in [1.54, 1.807) is 48.1 Å². The lowest BCUT2D eigenvalue weighted by Crippen LogP contribution is -2.17. The number of nitrogens with zero attached hydrogens (tertiary/aromatic N) is 1. The lowest BCUT2D eigenvalue weighted by atomic mass is 10.1. The fourth-order valence-electron chi connectivity index (χ4n) is 4.00. The van der Waals surface area contributed by atoms with Crippen LogP contribution >= 0.6 is 11.6 Å². The minimum absolute atomic E-state index is 0.0802. The molecule has 1 aromatic heterocycles. The van der Waals surface area contributed by atoms with Gasteiger partial charge in [0.2, 0.25) is 5.91 Å². The number of aromatic nitrogens is 1. The standard InChI is InChI=1S/C27H25ClN2O4/c1-4-34-25-8-6-5-7-23(25)29-26(31)16-21-17(2)30(24-14-13-20(33-3)15-22(21)24)27(32)18-9-11-19(28)12-10-18/h5-15H,4,16H2,1-3H3,(H,29,31). The molecule has 4 rings (SSSR count). The Morgan fingerprint density at radius 1 is 1.03 bits per heavy atom. The van der Waals surface area contributed by atoms with E-state index in [0.717, 1.165) is 10.9 Å². The minimum Gasteiger partial charge on any atom is -0.497 e. The number of para-hydroxylation sites is 2. The molecule has 0 bridgehead atoms. The van der Waals surface area contributed by atoms with Gasteiger partial charge in [-0.25, -0.2) is 0 Å². The average Bonchev–Trinajstić information content (AvgIpc) is 3.11. The van der Waals surface area contributed by atoms with Crippen molar-refractivity contribution in [2.45, 2.75) is 20.3 Å².